The summed E-state index contributed by atoms with van der Waals surface area (Å²) in [6.07, 6.45) is 5.10. The zero-order valence-electron chi connectivity index (χ0n) is 12.2. The SMILES string of the molecule is CCOC(=O)C1(c2nc(-c3ccn(C)n3)no2)CCCC1. The lowest BCUT2D eigenvalue weighted by Crippen LogP contribution is -2.35. The van der Waals surface area contributed by atoms with Crippen molar-refractivity contribution >= 4 is 5.97 Å². The Hall–Kier alpha value is -2.18. The van der Waals surface area contributed by atoms with Crippen LogP contribution in [-0.4, -0.2) is 32.5 Å². The van der Waals surface area contributed by atoms with Gasteiger partial charge in [-0.05, 0) is 25.8 Å². The molecule has 0 unspecified atom stereocenters. The Balaban J connectivity index is 1.94. The van der Waals surface area contributed by atoms with E-state index < -0.39 is 5.41 Å². The number of carbonyl (C=O) groups excluding carboxylic acids is 1. The van der Waals surface area contributed by atoms with Crippen LogP contribution in [0.4, 0.5) is 0 Å². The third-order valence-corrected chi connectivity index (χ3v) is 3.90. The standard InChI is InChI=1S/C14H18N4O3/c1-3-20-13(19)14(7-4-5-8-14)12-15-11(17-21-12)10-6-9-18(2)16-10/h6,9H,3-5,7-8H2,1-2H3. The van der Waals surface area contributed by atoms with E-state index >= 15 is 0 Å². The number of carbonyl (C=O) groups is 1. The molecule has 2 aromatic heterocycles. The molecule has 3 rings (SSSR count). The predicted octanol–water partition coefficient (Wildman–Crippen LogP) is 1.84. The maximum Gasteiger partial charge on any atom is 0.321 e. The summed E-state index contributed by atoms with van der Waals surface area (Å²) in [7, 11) is 1.82. The van der Waals surface area contributed by atoms with E-state index in [1.165, 1.54) is 0 Å². The lowest BCUT2D eigenvalue weighted by molar-refractivity contribution is -0.151. The highest BCUT2D eigenvalue weighted by atomic mass is 16.5. The summed E-state index contributed by atoms with van der Waals surface area (Å²) in [4.78, 5) is 16.7. The molecule has 112 valence electrons. The van der Waals surface area contributed by atoms with Crippen molar-refractivity contribution in [1.29, 1.82) is 0 Å². The summed E-state index contributed by atoms with van der Waals surface area (Å²) < 4.78 is 12.3. The Bertz CT molecular complexity index is 640. The van der Waals surface area contributed by atoms with Crippen LogP contribution in [0.2, 0.25) is 0 Å². The molecule has 0 N–H and O–H groups in total. The molecule has 0 aromatic carbocycles. The van der Waals surface area contributed by atoms with Gasteiger partial charge in [-0.25, -0.2) is 0 Å². The van der Waals surface area contributed by atoms with Gasteiger partial charge in [0.25, 0.3) is 0 Å². The number of aryl methyl sites for hydroxylation is 1. The van der Waals surface area contributed by atoms with Gasteiger partial charge in [0.1, 0.15) is 11.1 Å². The van der Waals surface area contributed by atoms with Crippen molar-refractivity contribution in [2.45, 2.75) is 38.0 Å². The maximum atomic E-state index is 12.3. The van der Waals surface area contributed by atoms with Crippen molar-refractivity contribution in [2.75, 3.05) is 6.61 Å². The molecule has 0 bridgehead atoms. The zero-order chi connectivity index (χ0) is 14.9. The van der Waals surface area contributed by atoms with Crippen LogP contribution >= 0.6 is 0 Å². The molecule has 1 aliphatic carbocycles. The molecule has 1 aliphatic rings. The predicted molar refractivity (Wildman–Crippen MR) is 73.3 cm³/mol. The van der Waals surface area contributed by atoms with Crippen molar-refractivity contribution in [3.05, 3.63) is 18.2 Å². The van der Waals surface area contributed by atoms with Crippen LogP contribution in [-0.2, 0) is 22.0 Å². The molecule has 0 saturated heterocycles. The van der Waals surface area contributed by atoms with E-state index in [1.54, 1.807) is 17.7 Å². The molecule has 7 heteroatoms. The van der Waals surface area contributed by atoms with E-state index in [0.717, 1.165) is 12.8 Å². The van der Waals surface area contributed by atoms with Gasteiger partial charge in [-0.15, -0.1) is 0 Å². The zero-order valence-corrected chi connectivity index (χ0v) is 12.2. The van der Waals surface area contributed by atoms with Gasteiger partial charge in [0.2, 0.25) is 11.7 Å². The molecule has 2 aromatic rings. The van der Waals surface area contributed by atoms with Crippen LogP contribution in [0.5, 0.6) is 0 Å². The minimum atomic E-state index is -0.782. The third-order valence-electron chi connectivity index (χ3n) is 3.90. The van der Waals surface area contributed by atoms with E-state index in [4.69, 9.17) is 9.26 Å². The molecule has 21 heavy (non-hydrogen) atoms. The van der Waals surface area contributed by atoms with Gasteiger partial charge in [-0.1, -0.05) is 18.0 Å². The second kappa shape index (κ2) is 5.31. The lowest BCUT2D eigenvalue weighted by Gasteiger charge is -2.21. The van der Waals surface area contributed by atoms with Crippen LogP contribution in [0, 0.1) is 0 Å². The number of hydrogen-bond donors (Lipinski definition) is 0. The topological polar surface area (TPSA) is 83.0 Å². The number of rotatable bonds is 4. The van der Waals surface area contributed by atoms with E-state index in [1.807, 2.05) is 13.2 Å². The highest BCUT2D eigenvalue weighted by Gasteiger charge is 2.49. The largest absolute Gasteiger partial charge is 0.465 e. The van der Waals surface area contributed by atoms with Gasteiger partial charge in [0.05, 0.1) is 6.61 Å². The van der Waals surface area contributed by atoms with E-state index in [9.17, 15) is 4.79 Å². The molecule has 1 fully saturated rings. The van der Waals surface area contributed by atoms with Crippen LogP contribution in [0.15, 0.2) is 16.8 Å². The first-order valence-electron chi connectivity index (χ1n) is 7.17. The van der Waals surface area contributed by atoms with Gasteiger partial charge >= 0.3 is 5.97 Å². The molecule has 0 spiro atoms. The van der Waals surface area contributed by atoms with E-state index in [2.05, 4.69) is 15.2 Å². The van der Waals surface area contributed by atoms with Crippen LogP contribution < -0.4 is 0 Å². The van der Waals surface area contributed by atoms with Gasteiger partial charge < -0.3 is 9.26 Å². The first kappa shape index (κ1) is 13.8. The Labute approximate surface area is 122 Å². The average molecular weight is 290 g/mol. The Kier molecular flexibility index (Phi) is 3.48. The highest BCUT2D eigenvalue weighted by molar-refractivity contribution is 5.82. The van der Waals surface area contributed by atoms with E-state index in [0.29, 0.717) is 36.9 Å². The Morgan fingerprint density at radius 3 is 2.86 bits per heavy atom. The van der Waals surface area contributed by atoms with Gasteiger partial charge in [0, 0.05) is 13.2 Å². The normalized spacial score (nSPS) is 17.0. The summed E-state index contributed by atoms with van der Waals surface area (Å²) in [5.74, 6) is 0.485. The first-order chi connectivity index (χ1) is 10.2. The number of nitrogens with zero attached hydrogens (tertiary/aromatic N) is 4. The van der Waals surface area contributed by atoms with Crippen LogP contribution in [0.1, 0.15) is 38.5 Å². The summed E-state index contributed by atoms with van der Waals surface area (Å²) in [6, 6.07) is 1.81. The van der Waals surface area contributed by atoms with Crippen molar-refractivity contribution in [1.82, 2.24) is 19.9 Å². The van der Waals surface area contributed by atoms with Gasteiger partial charge in [0.15, 0.2) is 0 Å². The Morgan fingerprint density at radius 2 is 2.24 bits per heavy atom. The smallest absolute Gasteiger partial charge is 0.321 e. The van der Waals surface area contributed by atoms with E-state index in [-0.39, 0.29) is 5.97 Å². The fraction of sp³-hybridized carbons (Fsp3) is 0.571. The minimum absolute atomic E-state index is 0.265. The molecule has 0 radical (unpaired) electrons. The first-order valence-corrected chi connectivity index (χ1v) is 7.17. The molecule has 0 aliphatic heterocycles. The second-order valence-corrected chi connectivity index (χ2v) is 5.31. The number of aromatic nitrogens is 4. The number of esters is 1. The molecule has 0 atom stereocenters. The number of hydrogen-bond acceptors (Lipinski definition) is 6. The maximum absolute atomic E-state index is 12.3. The fourth-order valence-corrected chi connectivity index (χ4v) is 2.81. The quantitative estimate of drug-likeness (QED) is 0.799. The van der Waals surface area contributed by atoms with Gasteiger partial charge in [-0.3, -0.25) is 9.48 Å². The fourth-order valence-electron chi connectivity index (χ4n) is 2.81. The Morgan fingerprint density at radius 1 is 1.48 bits per heavy atom. The molecule has 2 heterocycles. The number of ether oxygens (including phenoxy) is 1. The highest BCUT2D eigenvalue weighted by Crippen LogP contribution is 2.41. The van der Waals surface area contributed by atoms with Gasteiger partial charge in [-0.2, -0.15) is 10.1 Å². The molecule has 1 saturated carbocycles. The summed E-state index contributed by atoms with van der Waals surface area (Å²) in [6.45, 7) is 2.15. The molecular formula is C14H18N4O3. The third kappa shape index (κ3) is 2.32. The summed E-state index contributed by atoms with van der Waals surface area (Å²) in [5.41, 5.74) is -0.153. The monoisotopic (exact) mass is 290 g/mol. The van der Waals surface area contributed by atoms with Crippen molar-refractivity contribution in [2.24, 2.45) is 7.05 Å². The molecule has 0 amide bonds. The van der Waals surface area contributed by atoms with Crippen molar-refractivity contribution in [3.63, 3.8) is 0 Å². The molecule has 7 nitrogen and oxygen atoms in total. The van der Waals surface area contributed by atoms with Crippen LogP contribution in [0.3, 0.4) is 0 Å². The average Bonchev–Trinajstić information content (AvgIpc) is 3.18. The lowest BCUT2D eigenvalue weighted by atomic mass is 9.86. The van der Waals surface area contributed by atoms with Crippen molar-refractivity contribution < 1.29 is 14.1 Å². The second-order valence-electron chi connectivity index (χ2n) is 5.31. The summed E-state index contributed by atoms with van der Waals surface area (Å²) >= 11 is 0. The molecular weight excluding hydrogens is 272 g/mol. The van der Waals surface area contributed by atoms with Crippen molar-refractivity contribution in [3.8, 4) is 11.5 Å². The minimum Gasteiger partial charge on any atom is -0.465 e. The summed E-state index contributed by atoms with van der Waals surface area (Å²) in [5, 5.41) is 8.20. The van der Waals surface area contributed by atoms with Crippen LogP contribution in [0.25, 0.3) is 11.5 Å².